The molecule has 1 N–H and O–H groups in total. The maximum absolute atomic E-state index is 5.37. The zero-order valence-corrected chi connectivity index (χ0v) is 12.8. The molecule has 3 nitrogen and oxygen atoms in total. The van der Waals surface area contributed by atoms with E-state index in [0.717, 1.165) is 25.3 Å². The average molecular weight is 340 g/mol. The van der Waals surface area contributed by atoms with Gasteiger partial charge in [0.1, 0.15) is 5.01 Å². The second-order valence-electron chi connectivity index (χ2n) is 4.04. The first kappa shape index (κ1) is 12.1. The molecule has 18 heavy (non-hydrogen) atoms. The Morgan fingerprint density at radius 2 is 2.33 bits per heavy atom. The highest BCUT2D eigenvalue weighted by atomic mass is 79.9. The maximum Gasteiger partial charge on any atom is 0.178 e. The summed E-state index contributed by atoms with van der Waals surface area (Å²) < 4.78 is 3.86. The highest BCUT2D eigenvalue weighted by molar-refractivity contribution is 9.10. The number of rotatable bonds is 2. The van der Waals surface area contributed by atoms with E-state index in [-0.39, 0.29) is 0 Å². The van der Waals surface area contributed by atoms with Crippen LogP contribution in [-0.4, -0.2) is 14.5 Å². The van der Waals surface area contributed by atoms with Crippen LogP contribution in [0.1, 0.15) is 9.88 Å². The molecule has 0 saturated carbocycles. The largest absolute Gasteiger partial charge is 0.331 e. The quantitative estimate of drug-likeness (QED) is 0.707. The van der Waals surface area contributed by atoms with Crippen molar-refractivity contribution >= 4 is 50.5 Å². The fourth-order valence-electron chi connectivity index (χ4n) is 1.89. The van der Waals surface area contributed by atoms with Crippen LogP contribution in [0.3, 0.4) is 0 Å². The molecular formula is C12H10BrN3S2. The molecule has 0 saturated heterocycles. The summed E-state index contributed by atoms with van der Waals surface area (Å²) in [6, 6.07) is 6.10. The summed E-state index contributed by atoms with van der Waals surface area (Å²) in [5.41, 5.74) is 2.15. The zero-order valence-electron chi connectivity index (χ0n) is 9.61. The first-order chi connectivity index (χ1) is 8.63. The minimum Gasteiger partial charge on any atom is -0.331 e. The SMILES string of the molecule is Cc1cnc(Cn2c(=S)[nH]c3ccc(Br)cc32)s1. The number of nitrogens with one attached hydrogen (secondary N) is 1. The van der Waals surface area contributed by atoms with Crippen molar-refractivity contribution in [1.82, 2.24) is 14.5 Å². The summed E-state index contributed by atoms with van der Waals surface area (Å²) in [5, 5.41) is 1.07. The number of nitrogens with zero attached hydrogens (tertiary/aromatic N) is 2. The topological polar surface area (TPSA) is 33.6 Å². The van der Waals surface area contributed by atoms with Gasteiger partial charge in [0.25, 0.3) is 0 Å². The molecule has 3 rings (SSSR count). The van der Waals surface area contributed by atoms with Gasteiger partial charge in [-0.2, -0.15) is 0 Å². The van der Waals surface area contributed by atoms with Crippen LogP contribution >= 0.6 is 39.5 Å². The van der Waals surface area contributed by atoms with E-state index in [1.54, 1.807) is 11.3 Å². The maximum atomic E-state index is 5.37. The molecule has 0 amide bonds. The van der Waals surface area contributed by atoms with Gasteiger partial charge in [0.05, 0.1) is 17.6 Å². The van der Waals surface area contributed by atoms with Gasteiger partial charge < -0.3 is 9.55 Å². The summed E-state index contributed by atoms with van der Waals surface area (Å²) in [7, 11) is 0. The third-order valence-corrected chi connectivity index (χ3v) is 4.41. The van der Waals surface area contributed by atoms with E-state index < -0.39 is 0 Å². The van der Waals surface area contributed by atoms with Crippen LogP contribution in [-0.2, 0) is 6.54 Å². The van der Waals surface area contributed by atoms with Crippen molar-refractivity contribution in [3.8, 4) is 0 Å². The lowest BCUT2D eigenvalue weighted by molar-refractivity contribution is 0.803. The highest BCUT2D eigenvalue weighted by Crippen LogP contribution is 2.21. The van der Waals surface area contributed by atoms with Gasteiger partial charge in [-0.3, -0.25) is 0 Å². The van der Waals surface area contributed by atoms with E-state index >= 15 is 0 Å². The molecule has 2 aromatic heterocycles. The molecular weight excluding hydrogens is 330 g/mol. The lowest BCUT2D eigenvalue weighted by Gasteiger charge is -2.01. The van der Waals surface area contributed by atoms with E-state index in [0.29, 0.717) is 6.54 Å². The molecule has 3 aromatic rings. The molecule has 0 spiro atoms. The van der Waals surface area contributed by atoms with Gasteiger partial charge in [-0.05, 0) is 37.3 Å². The van der Waals surface area contributed by atoms with Crippen LogP contribution < -0.4 is 0 Å². The van der Waals surface area contributed by atoms with Gasteiger partial charge in [0.15, 0.2) is 4.77 Å². The van der Waals surface area contributed by atoms with Crippen molar-refractivity contribution in [3.05, 3.63) is 43.5 Å². The van der Waals surface area contributed by atoms with Crippen LogP contribution in [0.4, 0.5) is 0 Å². The number of aryl methyl sites for hydroxylation is 1. The molecule has 0 unspecified atom stereocenters. The fraction of sp³-hybridized carbons (Fsp3) is 0.167. The Morgan fingerprint density at radius 3 is 3.06 bits per heavy atom. The number of hydrogen-bond donors (Lipinski definition) is 1. The number of imidazole rings is 1. The third kappa shape index (κ3) is 2.15. The lowest BCUT2D eigenvalue weighted by Crippen LogP contribution is -1.98. The molecule has 0 fully saturated rings. The van der Waals surface area contributed by atoms with E-state index in [4.69, 9.17) is 12.2 Å². The number of fused-ring (bicyclic) bond motifs is 1. The molecule has 0 aliphatic carbocycles. The predicted octanol–water partition coefficient (Wildman–Crippen LogP) is 4.27. The molecule has 0 aliphatic heterocycles. The Balaban J connectivity index is 2.13. The first-order valence-electron chi connectivity index (χ1n) is 5.43. The summed E-state index contributed by atoms with van der Waals surface area (Å²) in [4.78, 5) is 8.82. The standard InChI is InChI=1S/C12H10BrN3S2/c1-7-5-14-11(18-7)6-16-10-4-8(13)2-3-9(10)15-12(16)17/h2-5H,6H2,1H3,(H,15,17). The number of H-pyrrole nitrogens is 1. The van der Waals surface area contributed by atoms with Crippen molar-refractivity contribution < 1.29 is 0 Å². The van der Waals surface area contributed by atoms with Crippen LogP contribution in [0.5, 0.6) is 0 Å². The molecule has 0 radical (unpaired) electrons. The Morgan fingerprint density at radius 1 is 1.50 bits per heavy atom. The Kier molecular flexibility index (Phi) is 3.09. The van der Waals surface area contributed by atoms with Gasteiger partial charge >= 0.3 is 0 Å². The molecule has 0 atom stereocenters. The van der Waals surface area contributed by atoms with Crippen molar-refractivity contribution in [2.24, 2.45) is 0 Å². The number of aromatic amines is 1. The van der Waals surface area contributed by atoms with Crippen molar-refractivity contribution in [2.75, 3.05) is 0 Å². The van der Waals surface area contributed by atoms with Gasteiger partial charge in [0, 0.05) is 15.5 Å². The van der Waals surface area contributed by atoms with Gasteiger partial charge in [0.2, 0.25) is 0 Å². The van der Waals surface area contributed by atoms with E-state index in [1.165, 1.54) is 4.88 Å². The molecule has 0 bridgehead atoms. The number of halogens is 1. The van der Waals surface area contributed by atoms with Crippen molar-refractivity contribution in [1.29, 1.82) is 0 Å². The zero-order chi connectivity index (χ0) is 12.7. The van der Waals surface area contributed by atoms with Crippen LogP contribution in [0.25, 0.3) is 11.0 Å². The van der Waals surface area contributed by atoms with E-state index in [9.17, 15) is 0 Å². The minimum atomic E-state index is 0.716. The summed E-state index contributed by atoms with van der Waals surface area (Å²) >= 11 is 10.6. The summed E-state index contributed by atoms with van der Waals surface area (Å²) in [6.45, 7) is 2.78. The predicted molar refractivity (Wildman–Crippen MR) is 80.8 cm³/mol. The normalized spacial score (nSPS) is 11.2. The molecule has 6 heteroatoms. The Labute approximate surface area is 122 Å². The average Bonchev–Trinajstić information content (AvgIpc) is 2.86. The van der Waals surface area contributed by atoms with E-state index in [1.807, 2.05) is 18.3 Å². The molecule has 0 aliphatic rings. The Hall–Kier alpha value is -0.980. The van der Waals surface area contributed by atoms with Crippen LogP contribution in [0, 0.1) is 11.7 Å². The number of thiazole rings is 1. The fourth-order valence-corrected chi connectivity index (χ4v) is 3.29. The van der Waals surface area contributed by atoms with Crippen molar-refractivity contribution in [2.45, 2.75) is 13.5 Å². The molecule has 1 aromatic carbocycles. The van der Waals surface area contributed by atoms with E-state index in [2.05, 4.69) is 43.5 Å². The monoisotopic (exact) mass is 339 g/mol. The third-order valence-electron chi connectivity index (χ3n) is 2.70. The second kappa shape index (κ2) is 4.60. The summed E-state index contributed by atoms with van der Waals surface area (Å²) in [5.74, 6) is 0. The Bertz CT molecular complexity index is 769. The molecule has 2 heterocycles. The minimum absolute atomic E-state index is 0.716. The number of benzene rings is 1. The number of aromatic nitrogens is 3. The number of hydrogen-bond acceptors (Lipinski definition) is 3. The van der Waals surface area contributed by atoms with Gasteiger partial charge in [-0.15, -0.1) is 11.3 Å². The van der Waals surface area contributed by atoms with Gasteiger partial charge in [-0.1, -0.05) is 15.9 Å². The second-order valence-corrected chi connectivity index (χ2v) is 6.66. The molecule has 92 valence electrons. The first-order valence-corrected chi connectivity index (χ1v) is 7.44. The van der Waals surface area contributed by atoms with Crippen LogP contribution in [0.15, 0.2) is 28.9 Å². The highest BCUT2D eigenvalue weighted by Gasteiger charge is 2.07. The van der Waals surface area contributed by atoms with Crippen molar-refractivity contribution in [3.63, 3.8) is 0 Å². The van der Waals surface area contributed by atoms with Gasteiger partial charge in [-0.25, -0.2) is 4.98 Å². The van der Waals surface area contributed by atoms with Crippen LogP contribution in [0.2, 0.25) is 0 Å². The lowest BCUT2D eigenvalue weighted by atomic mass is 10.3. The smallest absolute Gasteiger partial charge is 0.178 e. The summed E-state index contributed by atoms with van der Waals surface area (Å²) in [6.07, 6.45) is 1.90.